The lowest BCUT2D eigenvalue weighted by Gasteiger charge is -2.26. The van der Waals surface area contributed by atoms with Crippen LogP contribution in [0.3, 0.4) is 0 Å². The molecule has 4 aromatic rings. The number of aryl methyl sites for hydroxylation is 1. The van der Waals surface area contributed by atoms with E-state index < -0.39 is 0 Å². The molecule has 5 rings (SSSR count). The number of aromatic nitrogens is 1. The third kappa shape index (κ3) is 4.00. The summed E-state index contributed by atoms with van der Waals surface area (Å²) in [6.07, 6.45) is 1.80. The van der Waals surface area contributed by atoms with Gasteiger partial charge in [-0.25, -0.2) is 0 Å². The summed E-state index contributed by atoms with van der Waals surface area (Å²) in [4.78, 5) is 6.73. The van der Waals surface area contributed by atoms with Gasteiger partial charge in [0.15, 0.2) is 5.11 Å². The van der Waals surface area contributed by atoms with E-state index in [0.717, 1.165) is 43.0 Å². The van der Waals surface area contributed by atoms with Crippen LogP contribution in [0.5, 0.6) is 0 Å². The van der Waals surface area contributed by atoms with E-state index in [0.29, 0.717) is 5.11 Å². The minimum absolute atomic E-state index is 0.142. The van der Waals surface area contributed by atoms with Gasteiger partial charge >= 0.3 is 0 Å². The van der Waals surface area contributed by atoms with Gasteiger partial charge in [0, 0.05) is 26.4 Å². The highest BCUT2D eigenvalue weighted by molar-refractivity contribution is 9.10. The van der Waals surface area contributed by atoms with Crippen molar-refractivity contribution in [3.8, 4) is 11.3 Å². The Morgan fingerprint density at radius 3 is 2.53 bits per heavy atom. The molecule has 1 aliphatic heterocycles. The van der Waals surface area contributed by atoms with E-state index in [9.17, 15) is 0 Å². The summed E-state index contributed by atoms with van der Waals surface area (Å²) in [5, 5.41) is 4.12. The van der Waals surface area contributed by atoms with Crippen LogP contribution in [0, 0.1) is 6.92 Å². The zero-order valence-electron chi connectivity index (χ0n) is 17.1. The zero-order chi connectivity index (χ0) is 22.2. The van der Waals surface area contributed by atoms with E-state index in [1.165, 1.54) is 0 Å². The average Bonchev–Trinajstić information content (AvgIpc) is 3.41. The lowest BCUT2D eigenvalue weighted by molar-refractivity contribution is 0.439. The Morgan fingerprint density at radius 1 is 1.00 bits per heavy atom. The summed E-state index contributed by atoms with van der Waals surface area (Å²) in [7, 11) is 0. The molecule has 4 nitrogen and oxygen atoms in total. The standard InChI is InChI=1S/C25H19Br2N3OS/c1-15-14-18(9-10-19(15)27)30-24(23(29-25(30)32)20-4-2-3-13-28-20)22-12-11-21(31-22)16-5-7-17(26)8-6-16/h2-14,23-24H,1H3,(H,29,32). The molecule has 32 heavy (non-hydrogen) atoms. The number of nitrogens with zero attached hydrogens (tertiary/aromatic N) is 2. The van der Waals surface area contributed by atoms with Crippen molar-refractivity contribution < 1.29 is 4.42 Å². The van der Waals surface area contributed by atoms with Gasteiger partial charge in [0.1, 0.15) is 17.6 Å². The van der Waals surface area contributed by atoms with Gasteiger partial charge in [-0.05, 0) is 79.3 Å². The Labute approximate surface area is 208 Å². The number of furan rings is 1. The lowest BCUT2D eigenvalue weighted by Crippen LogP contribution is -2.29. The van der Waals surface area contributed by atoms with Crippen molar-refractivity contribution in [1.82, 2.24) is 10.3 Å². The first kappa shape index (κ1) is 21.4. The van der Waals surface area contributed by atoms with Gasteiger partial charge in [-0.1, -0.05) is 50.1 Å². The molecular formula is C25H19Br2N3OS. The number of nitrogens with one attached hydrogen (secondary N) is 1. The largest absolute Gasteiger partial charge is 0.459 e. The highest BCUT2D eigenvalue weighted by atomic mass is 79.9. The highest BCUT2D eigenvalue weighted by Gasteiger charge is 2.42. The van der Waals surface area contributed by atoms with Crippen molar-refractivity contribution in [3.05, 3.63) is 105 Å². The van der Waals surface area contributed by atoms with Gasteiger partial charge in [-0.15, -0.1) is 0 Å². The molecule has 0 saturated carbocycles. The number of thiocarbonyl (C=S) groups is 1. The van der Waals surface area contributed by atoms with Crippen molar-refractivity contribution in [3.63, 3.8) is 0 Å². The van der Waals surface area contributed by atoms with Crippen LogP contribution in [0.15, 0.2) is 92.4 Å². The van der Waals surface area contributed by atoms with Crippen molar-refractivity contribution in [1.29, 1.82) is 0 Å². The van der Waals surface area contributed by atoms with E-state index in [1.807, 2.05) is 60.7 Å². The molecule has 1 saturated heterocycles. The van der Waals surface area contributed by atoms with Gasteiger partial charge in [0.25, 0.3) is 0 Å². The van der Waals surface area contributed by atoms with Gasteiger partial charge in [-0.2, -0.15) is 0 Å². The van der Waals surface area contributed by atoms with Crippen LogP contribution < -0.4 is 10.2 Å². The first-order chi connectivity index (χ1) is 15.5. The minimum atomic E-state index is -0.179. The number of anilines is 1. The summed E-state index contributed by atoms with van der Waals surface area (Å²) in [6.45, 7) is 2.07. The van der Waals surface area contributed by atoms with Crippen LogP contribution in [-0.2, 0) is 0 Å². The normalized spacial score (nSPS) is 18.1. The second kappa shape index (κ2) is 8.81. The maximum Gasteiger partial charge on any atom is 0.174 e. The first-order valence-electron chi connectivity index (χ1n) is 10.1. The minimum Gasteiger partial charge on any atom is -0.459 e. The van der Waals surface area contributed by atoms with Gasteiger partial charge in [-0.3, -0.25) is 4.98 Å². The van der Waals surface area contributed by atoms with E-state index in [2.05, 4.69) is 66.1 Å². The molecular weight excluding hydrogens is 550 g/mol. The summed E-state index contributed by atoms with van der Waals surface area (Å²) in [5.74, 6) is 1.64. The number of benzene rings is 2. The number of hydrogen-bond acceptors (Lipinski definition) is 3. The quantitative estimate of drug-likeness (QED) is 0.261. The molecule has 1 aliphatic rings. The zero-order valence-corrected chi connectivity index (χ0v) is 21.1. The third-order valence-corrected chi connectivity index (χ3v) is 7.30. The molecule has 1 N–H and O–H groups in total. The molecule has 0 bridgehead atoms. The van der Waals surface area contributed by atoms with Crippen molar-refractivity contribution in [2.75, 3.05) is 4.90 Å². The van der Waals surface area contributed by atoms with Gasteiger partial charge in [0.2, 0.25) is 0 Å². The SMILES string of the molecule is Cc1cc(N2C(=S)NC(c3ccccn3)C2c2ccc(-c3ccc(Br)cc3)o2)ccc1Br. The summed E-state index contributed by atoms with van der Waals surface area (Å²) in [6, 6.07) is 24.0. The van der Waals surface area contributed by atoms with Crippen molar-refractivity contribution in [2.24, 2.45) is 0 Å². The number of hydrogen-bond donors (Lipinski definition) is 1. The fourth-order valence-electron chi connectivity index (χ4n) is 3.98. The van der Waals surface area contributed by atoms with Crippen LogP contribution >= 0.6 is 44.1 Å². The Morgan fingerprint density at radius 2 is 1.81 bits per heavy atom. The molecule has 0 spiro atoms. The smallest absolute Gasteiger partial charge is 0.174 e. The number of rotatable bonds is 4. The van der Waals surface area contributed by atoms with Crippen molar-refractivity contribution in [2.45, 2.75) is 19.0 Å². The number of pyridine rings is 1. The fourth-order valence-corrected chi connectivity index (χ4v) is 4.84. The molecule has 2 atom stereocenters. The lowest BCUT2D eigenvalue weighted by atomic mass is 10.0. The maximum atomic E-state index is 6.41. The predicted molar refractivity (Wildman–Crippen MR) is 139 cm³/mol. The molecule has 0 amide bonds. The van der Waals surface area contributed by atoms with E-state index >= 15 is 0 Å². The molecule has 7 heteroatoms. The van der Waals surface area contributed by atoms with Crippen LogP contribution in [0.4, 0.5) is 5.69 Å². The van der Waals surface area contributed by atoms with Crippen LogP contribution in [0.2, 0.25) is 0 Å². The van der Waals surface area contributed by atoms with Crippen LogP contribution in [0.1, 0.15) is 29.1 Å². The van der Waals surface area contributed by atoms with Crippen LogP contribution in [-0.4, -0.2) is 10.1 Å². The molecule has 2 aromatic carbocycles. The average molecular weight is 569 g/mol. The first-order valence-corrected chi connectivity index (χ1v) is 12.1. The predicted octanol–water partition coefficient (Wildman–Crippen LogP) is 7.35. The molecule has 0 aliphatic carbocycles. The molecule has 2 unspecified atom stereocenters. The highest BCUT2D eigenvalue weighted by Crippen LogP contribution is 2.43. The van der Waals surface area contributed by atoms with Crippen molar-refractivity contribution >= 4 is 54.9 Å². The van der Waals surface area contributed by atoms with E-state index in [-0.39, 0.29) is 12.1 Å². The number of halogens is 2. The Balaban J connectivity index is 1.60. The van der Waals surface area contributed by atoms with Gasteiger partial charge in [0.05, 0.1) is 11.7 Å². The Hall–Kier alpha value is -2.48. The third-order valence-electron chi connectivity index (χ3n) is 5.56. The van der Waals surface area contributed by atoms with Crippen LogP contribution in [0.25, 0.3) is 11.3 Å². The topological polar surface area (TPSA) is 41.3 Å². The monoisotopic (exact) mass is 567 g/mol. The van der Waals surface area contributed by atoms with E-state index in [4.69, 9.17) is 16.6 Å². The second-order valence-corrected chi connectivity index (χ2v) is 9.80. The summed E-state index contributed by atoms with van der Waals surface area (Å²) in [5.41, 5.74) is 4.08. The molecule has 2 aromatic heterocycles. The summed E-state index contributed by atoms with van der Waals surface area (Å²) < 4.78 is 8.50. The fraction of sp³-hybridized carbons (Fsp3) is 0.120. The maximum absolute atomic E-state index is 6.41. The molecule has 1 fully saturated rings. The van der Waals surface area contributed by atoms with E-state index in [1.54, 1.807) is 6.20 Å². The Kier molecular flexibility index (Phi) is 5.88. The second-order valence-electron chi connectivity index (χ2n) is 7.64. The summed E-state index contributed by atoms with van der Waals surface area (Å²) >= 11 is 12.9. The molecule has 160 valence electrons. The molecule has 3 heterocycles. The molecule has 0 radical (unpaired) electrons. The van der Waals surface area contributed by atoms with Gasteiger partial charge < -0.3 is 14.6 Å². The Bertz CT molecular complexity index is 1270.